The number of fused-ring (bicyclic) bond motifs is 1. The molecular weight excluding hydrogens is 308 g/mol. The number of hydrogen-bond donors (Lipinski definition) is 3. The van der Waals surface area contributed by atoms with Gasteiger partial charge in [-0.1, -0.05) is 38.5 Å². The lowest BCUT2D eigenvalue weighted by molar-refractivity contribution is -0.122. The molecule has 0 fully saturated rings. The predicted molar refractivity (Wildman–Crippen MR) is 89.6 cm³/mol. The van der Waals surface area contributed by atoms with Gasteiger partial charge in [-0.05, 0) is 17.5 Å². The number of aromatic amines is 2. The number of nitrogens with one attached hydrogen (secondary N) is 3. The van der Waals surface area contributed by atoms with Crippen LogP contribution in [0.1, 0.15) is 36.3 Å². The topological polar surface area (TPSA) is 98.1 Å². The minimum absolute atomic E-state index is 0.0195. The van der Waals surface area contributed by atoms with Crippen molar-refractivity contribution in [1.29, 1.82) is 0 Å². The van der Waals surface area contributed by atoms with Crippen LogP contribution >= 0.6 is 0 Å². The second-order valence-corrected chi connectivity index (χ2v) is 6.07. The number of H-pyrrole nitrogens is 2. The maximum Gasteiger partial charge on any atom is 0.323 e. The van der Waals surface area contributed by atoms with Gasteiger partial charge in [0.15, 0.2) is 0 Å². The van der Waals surface area contributed by atoms with E-state index >= 15 is 0 Å². The van der Waals surface area contributed by atoms with Crippen molar-refractivity contribution in [3.05, 3.63) is 52.2 Å². The van der Waals surface area contributed by atoms with Crippen molar-refractivity contribution >= 4 is 17.5 Å². The summed E-state index contributed by atoms with van der Waals surface area (Å²) in [5.74, 6) is -0.597. The second-order valence-electron chi connectivity index (χ2n) is 6.07. The summed E-state index contributed by atoms with van der Waals surface area (Å²) in [7, 11) is 0. The van der Waals surface area contributed by atoms with Crippen molar-refractivity contribution in [2.45, 2.75) is 32.9 Å². The summed E-state index contributed by atoms with van der Waals surface area (Å²) in [6.45, 7) is 4.23. The van der Waals surface area contributed by atoms with E-state index in [4.69, 9.17) is 0 Å². The third-order valence-corrected chi connectivity index (χ3v) is 4.49. The summed E-state index contributed by atoms with van der Waals surface area (Å²) in [4.78, 5) is 43.4. The molecule has 7 nitrogen and oxygen atoms in total. The molecule has 0 saturated carbocycles. The summed E-state index contributed by atoms with van der Waals surface area (Å²) >= 11 is 0. The zero-order chi connectivity index (χ0) is 17.3. The SMILES string of the molecule is CCC(C)C1C(=O)Nc2ccccc2CN1C(=O)c1c[nH]c(=O)[nH]1. The van der Waals surface area contributed by atoms with Crippen LogP contribution in [-0.2, 0) is 11.3 Å². The zero-order valence-electron chi connectivity index (χ0n) is 13.6. The van der Waals surface area contributed by atoms with E-state index < -0.39 is 11.7 Å². The fraction of sp³-hybridized carbons (Fsp3) is 0.353. The number of carbonyl (C=O) groups excluding carboxylic acids is 2. The molecule has 0 saturated heterocycles. The number of carbonyl (C=O) groups is 2. The van der Waals surface area contributed by atoms with Crippen LogP contribution in [0.5, 0.6) is 0 Å². The van der Waals surface area contributed by atoms with Gasteiger partial charge in [0.05, 0.1) is 0 Å². The minimum atomic E-state index is -0.603. The maximum absolute atomic E-state index is 12.9. The van der Waals surface area contributed by atoms with Crippen LogP contribution in [0.15, 0.2) is 35.3 Å². The Labute approximate surface area is 139 Å². The summed E-state index contributed by atoms with van der Waals surface area (Å²) in [6, 6.07) is 6.82. The third-order valence-electron chi connectivity index (χ3n) is 4.49. The quantitative estimate of drug-likeness (QED) is 0.800. The fourth-order valence-corrected chi connectivity index (χ4v) is 3.00. The van der Waals surface area contributed by atoms with Gasteiger partial charge < -0.3 is 20.2 Å². The number of nitrogens with zero attached hydrogens (tertiary/aromatic N) is 1. The monoisotopic (exact) mass is 328 g/mol. The zero-order valence-corrected chi connectivity index (χ0v) is 13.6. The first-order valence-corrected chi connectivity index (χ1v) is 7.98. The van der Waals surface area contributed by atoms with Crippen molar-refractivity contribution in [3.63, 3.8) is 0 Å². The summed E-state index contributed by atoms with van der Waals surface area (Å²) in [5.41, 5.74) is 1.29. The lowest BCUT2D eigenvalue weighted by atomic mass is 9.96. The number of amides is 2. The van der Waals surface area contributed by atoms with E-state index in [0.717, 1.165) is 12.0 Å². The second kappa shape index (κ2) is 6.35. The van der Waals surface area contributed by atoms with E-state index in [0.29, 0.717) is 12.2 Å². The molecule has 2 amide bonds. The van der Waals surface area contributed by atoms with Crippen molar-refractivity contribution in [3.8, 4) is 0 Å². The highest BCUT2D eigenvalue weighted by Crippen LogP contribution is 2.28. The van der Waals surface area contributed by atoms with Gasteiger partial charge in [0, 0.05) is 18.4 Å². The first-order valence-electron chi connectivity index (χ1n) is 7.98. The molecule has 2 heterocycles. The van der Waals surface area contributed by atoms with Crippen molar-refractivity contribution in [2.24, 2.45) is 5.92 Å². The Morgan fingerprint density at radius 2 is 2.08 bits per heavy atom. The van der Waals surface area contributed by atoms with Crippen LogP contribution < -0.4 is 11.0 Å². The van der Waals surface area contributed by atoms with E-state index in [2.05, 4.69) is 15.3 Å². The molecule has 1 aromatic heterocycles. The molecule has 2 atom stereocenters. The molecule has 126 valence electrons. The minimum Gasteiger partial charge on any atom is -0.324 e. The van der Waals surface area contributed by atoms with Crippen molar-refractivity contribution in [2.75, 3.05) is 5.32 Å². The Bertz CT molecular complexity index is 823. The number of imidazole rings is 1. The molecule has 1 aliphatic rings. The highest BCUT2D eigenvalue weighted by atomic mass is 16.2. The molecule has 2 aromatic rings. The highest BCUT2D eigenvalue weighted by Gasteiger charge is 2.37. The van der Waals surface area contributed by atoms with Crippen LogP contribution in [0.2, 0.25) is 0 Å². The van der Waals surface area contributed by atoms with Crippen LogP contribution in [-0.4, -0.2) is 32.7 Å². The Balaban J connectivity index is 2.05. The van der Waals surface area contributed by atoms with Crippen molar-refractivity contribution in [1.82, 2.24) is 14.9 Å². The summed E-state index contributed by atoms with van der Waals surface area (Å²) in [6.07, 6.45) is 2.09. The lowest BCUT2D eigenvalue weighted by Crippen LogP contribution is -2.49. The molecular formula is C17H20N4O3. The smallest absolute Gasteiger partial charge is 0.323 e. The predicted octanol–water partition coefficient (Wildman–Crippen LogP) is 1.71. The number of hydrogen-bond acceptors (Lipinski definition) is 3. The largest absolute Gasteiger partial charge is 0.324 e. The third kappa shape index (κ3) is 2.84. The van der Waals surface area contributed by atoms with Gasteiger partial charge in [-0.3, -0.25) is 9.59 Å². The molecule has 2 unspecified atom stereocenters. The molecule has 3 N–H and O–H groups in total. The van der Waals surface area contributed by atoms with Gasteiger partial charge in [-0.25, -0.2) is 4.79 Å². The Morgan fingerprint density at radius 1 is 1.33 bits per heavy atom. The van der Waals surface area contributed by atoms with E-state index in [1.807, 2.05) is 38.1 Å². The normalized spacial score (nSPS) is 18.5. The first-order chi connectivity index (χ1) is 11.5. The Kier molecular flexibility index (Phi) is 4.24. The highest BCUT2D eigenvalue weighted by molar-refractivity contribution is 6.01. The summed E-state index contributed by atoms with van der Waals surface area (Å²) < 4.78 is 0. The van der Waals surface area contributed by atoms with Gasteiger partial charge >= 0.3 is 5.69 Å². The average molecular weight is 328 g/mol. The molecule has 24 heavy (non-hydrogen) atoms. The number of aromatic nitrogens is 2. The lowest BCUT2D eigenvalue weighted by Gasteiger charge is -2.32. The molecule has 3 rings (SSSR count). The molecule has 0 aliphatic carbocycles. The molecule has 1 aromatic carbocycles. The van der Waals surface area contributed by atoms with Crippen LogP contribution in [0.4, 0.5) is 5.69 Å². The summed E-state index contributed by atoms with van der Waals surface area (Å²) in [5, 5.41) is 2.92. The first kappa shape index (κ1) is 16.0. The van der Waals surface area contributed by atoms with Crippen LogP contribution in [0.25, 0.3) is 0 Å². The Morgan fingerprint density at radius 3 is 2.75 bits per heavy atom. The molecule has 0 radical (unpaired) electrons. The molecule has 0 spiro atoms. The van der Waals surface area contributed by atoms with Gasteiger partial charge in [0.25, 0.3) is 5.91 Å². The number of rotatable bonds is 3. The van der Waals surface area contributed by atoms with Gasteiger partial charge in [0.1, 0.15) is 11.7 Å². The molecule has 7 heteroatoms. The average Bonchev–Trinajstić information content (AvgIpc) is 2.94. The molecule has 0 bridgehead atoms. The van der Waals surface area contributed by atoms with Crippen molar-refractivity contribution < 1.29 is 9.59 Å². The molecule has 1 aliphatic heterocycles. The van der Waals surface area contributed by atoms with E-state index in [-0.39, 0.29) is 23.4 Å². The van der Waals surface area contributed by atoms with E-state index in [1.54, 1.807) is 0 Å². The van der Waals surface area contributed by atoms with Crippen LogP contribution in [0.3, 0.4) is 0 Å². The number of benzene rings is 1. The van der Waals surface area contributed by atoms with Gasteiger partial charge in [-0.15, -0.1) is 0 Å². The number of para-hydroxylation sites is 1. The van der Waals surface area contributed by atoms with E-state index in [9.17, 15) is 14.4 Å². The fourth-order valence-electron chi connectivity index (χ4n) is 3.00. The van der Waals surface area contributed by atoms with Gasteiger partial charge in [0.2, 0.25) is 5.91 Å². The van der Waals surface area contributed by atoms with E-state index in [1.165, 1.54) is 11.1 Å². The number of anilines is 1. The Hall–Kier alpha value is -2.83. The maximum atomic E-state index is 12.9. The van der Waals surface area contributed by atoms with Crippen LogP contribution in [0, 0.1) is 5.92 Å². The standard InChI is InChI=1S/C17H20N4O3/c1-3-10(2)14-15(22)19-12-7-5-4-6-11(12)9-21(14)16(23)13-8-18-17(24)20-13/h4-8,10,14H,3,9H2,1-2H3,(H,19,22)(H2,18,20,24). The van der Waals surface area contributed by atoms with Gasteiger partial charge in [-0.2, -0.15) is 0 Å².